The second-order valence-electron chi connectivity index (χ2n) is 6.28. The minimum absolute atomic E-state index is 0.122. The largest absolute Gasteiger partial charge is 0.352 e. The van der Waals surface area contributed by atoms with Crippen LogP contribution in [0.25, 0.3) is 0 Å². The van der Waals surface area contributed by atoms with Crippen LogP contribution in [0.2, 0.25) is 0 Å². The minimum atomic E-state index is 0.122. The summed E-state index contributed by atoms with van der Waals surface area (Å²) >= 11 is 0. The van der Waals surface area contributed by atoms with Gasteiger partial charge in [-0.05, 0) is 37.0 Å². The van der Waals surface area contributed by atoms with E-state index in [1.165, 1.54) is 0 Å². The van der Waals surface area contributed by atoms with Crippen molar-refractivity contribution in [2.75, 3.05) is 11.4 Å². The highest BCUT2D eigenvalue weighted by Crippen LogP contribution is 2.21. The second-order valence-corrected chi connectivity index (χ2v) is 6.28. The summed E-state index contributed by atoms with van der Waals surface area (Å²) in [6, 6.07) is 7.93. The standard InChI is InChI=1S/C19H28N2O2/c1-3-5-7-16(4-2)19(23)20-14-15-9-11-17(12-10-15)21-13-6-8-18(21)22/h9-12,16H,3-8,13-14H2,1-2H3,(H,20,23). The number of hydrogen-bond acceptors (Lipinski definition) is 2. The van der Waals surface area contributed by atoms with Crippen molar-refractivity contribution < 1.29 is 9.59 Å². The molecule has 0 saturated carbocycles. The number of amides is 2. The Hall–Kier alpha value is -1.84. The van der Waals surface area contributed by atoms with Crippen molar-refractivity contribution in [2.24, 2.45) is 5.92 Å². The molecule has 1 aromatic carbocycles. The van der Waals surface area contributed by atoms with Gasteiger partial charge in [-0.1, -0.05) is 38.8 Å². The smallest absolute Gasteiger partial charge is 0.227 e. The van der Waals surface area contributed by atoms with Crippen molar-refractivity contribution in [3.05, 3.63) is 29.8 Å². The summed E-state index contributed by atoms with van der Waals surface area (Å²) in [4.78, 5) is 25.8. The van der Waals surface area contributed by atoms with Crippen LogP contribution in [0.4, 0.5) is 5.69 Å². The molecule has 1 aliphatic heterocycles. The Morgan fingerprint density at radius 3 is 2.57 bits per heavy atom. The Morgan fingerprint density at radius 1 is 1.26 bits per heavy atom. The summed E-state index contributed by atoms with van der Waals surface area (Å²) in [6.07, 6.45) is 5.67. The number of unbranched alkanes of at least 4 members (excludes halogenated alkanes) is 1. The van der Waals surface area contributed by atoms with Crippen LogP contribution >= 0.6 is 0 Å². The van der Waals surface area contributed by atoms with Gasteiger partial charge in [0.15, 0.2) is 0 Å². The van der Waals surface area contributed by atoms with E-state index in [-0.39, 0.29) is 17.7 Å². The zero-order valence-corrected chi connectivity index (χ0v) is 14.3. The first-order chi connectivity index (χ1) is 11.2. The molecular weight excluding hydrogens is 288 g/mol. The number of carbonyl (C=O) groups excluding carboxylic acids is 2. The van der Waals surface area contributed by atoms with Crippen LogP contribution in [-0.4, -0.2) is 18.4 Å². The molecule has 1 N–H and O–H groups in total. The van der Waals surface area contributed by atoms with Gasteiger partial charge in [0.1, 0.15) is 0 Å². The molecule has 0 bridgehead atoms. The third-order valence-electron chi connectivity index (χ3n) is 4.56. The number of carbonyl (C=O) groups is 2. The number of anilines is 1. The molecule has 0 aromatic heterocycles. The predicted octanol–water partition coefficient (Wildman–Crippen LogP) is 3.65. The van der Waals surface area contributed by atoms with Gasteiger partial charge in [-0.2, -0.15) is 0 Å². The van der Waals surface area contributed by atoms with E-state index in [1.807, 2.05) is 29.2 Å². The van der Waals surface area contributed by atoms with Crippen molar-refractivity contribution >= 4 is 17.5 Å². The molecule has 0 radical (unpaired) electrons. The number of benzene rings is 1. The highest BCUT2D eigenvalue weighted by Gasteiger charge is 2.21. The number of rotatable bonds is 8. The summed E-state index contributed by atoms with van der Waals surface area (Å²) in [5.74, 6) is 0.476. The fourth-order valence-corrected chi connectivity index (χ4v) is 3.02. The monoisotopic (exact) mass is 316 g/mol. The molecule has 1 unspecified atom stereocenters. The van der Waals surface area contributed by atoms with Gasteiger partial charge in [-0.25, -0.2) is 0 Å². The third kappa shape index (κ3) is 4.81. The van der Waals surface area contributed by atoms with Gasteiger partial charge in [0.05, 0.1) is 0 Å². The molecule has 4 nitrogen and oxygen atoms in total. The average Bonchev–Trinajstić information content (AvgIpc) is 3.00. The second kappa shape index (κ2) is 8.70. The molecule has 23 heavy (non-hydrogen) atoms. The van der Waals surface area contributed by atoms with Crippen LogP contribution in [0.15, 0.2) is 24.3 Å². The Kier molecular flexibility index (Phi) is 6.63. The van der Waals surface area contributed by atoms with Gasteiger partial charge >= 0.3 is 0 Å². The number of nitrogens with one attached hydrogen (secondary N) is 1. The molecule has 2 amide bonds. The molecular formula is C19H28N2O2. The maximum absolute atomic E-state index is 12.2. The van der Waals surface area contributed by atoms with E-state index in [9.17, 15) is 9.59 Å². The maximum Gasteiger partial charge on any atom is 0.227 e. The molecule has 0 spiro atoms. The number of hydrogen-bond donors (Lipinski definition) is 1. The minimum Gasteiger partial charge on any atom is -0.352 e. The first kappa shape index (κ1) is 17.5. The van der Waals surface area contributed by atoms with Crippen LogP contribution in [-0.2, 0) is 16.1 Å². The van der Waals surface area contributed by atoms with E-state index in [0.717, 1.165) is 49.9 Å². The SMILES string of the molecule is CCCCC(CC)C(=O)NCc1ccc(N2CCCC2=O)cc1. The van der Waals surface area contributed by atoms with E-state index in [0.29, 0.717) is 13.0 Å². The first-order valence-electron chi connectivity index (χ1n) is 8.82. The molecule has 1 aromatic rings. The van der Waals surface area contributed by atoms with Crippen LogP contribution in [0.1, 0.15) is 57.9 Å². The fraction of sp³-hybridized carbons (Fsp3) is 0.579. The van der Waals surface area contributed by atoms with E-state index in [1.54, 1.807) is 0 Å². The Bertz CT molecular complexity index is 525. The highest BCUT2D eigenvalue weighted by atomic mass is 16.2. The molecule has 1 heterocycles. The summed E-state index contributed by atoms with van der Waals surface area (Å²) in [5.41, 5.74) is 2.02. The van der Waals surface area contributed by atoms with Gasteiger partial charge in [-0.3, -0.25) is 9.59 Å². The van der Waals surface area contributed by atoms with Gasteiger partial charge in [0.25, 0.3) is 0 Å². The van der Waals surface area contributed by atoms with Crippen LogP contribution in [0.5, 0.6) is 0 Å². The topological polar surface area (TPSA) is 49.4 Å². The van der Waals surface area contributed by atoms with Crippen molar-refractivity contribution in [3.63, 3.8) is 0 Å². The van der Waals surface area contributed by atoms with Gasteiger partial charge in [0, 0.05) is 31.1 Å². The molecule has 1 fully saturated rings. The predicted molar refractivity (Wildman–Crippen MR) is 93.2 cm³/mol. The van der Waals surface area contributed by atoms with E-state index in [4.69, 9.17) is 0 Å². The molecule has 1 saturated heterocycles. The lowest BCUT2D eigenvalue weighted by atomic mass is 9.98. The summed E-state index contributed by atoms with van der Waals surface area (Å²) < 4.78 is 0. The molecule has 0 aliphatic carbocycles. The normalized spacial score (nSPS) is 15.7. The van der Waals surface area contributed by atoms with Crippen LogP contribution < -0.4 is 10.2 Å². The quantitative estimate of drug-likeness (QED) is 0.796. The van der Waals surface area contributed by atoms with Crippen molar-refractivity contribution in [1.29, 1.82) is 0 Å². The molecule has 4 heteroatoms. The lowest BCUT2D eigenvalue weighted by molar-refractivity contribution is -0.125. The summed E-state index contributed by atoms with van der Waals surface area (Å²) in [5, 5.41) is 3.04. The van der Waals surface area contributed by atoms with Crippen molar-refractivity contribution in [1.82, 2.24) is 5.32 Å². The Balaban J connectivity index is 1.86. The van der Waals surface area contributed by atoms with E-state index < -0.39 is 0 Å². The van der Waals surface area contributed by atoms with Crippen LogP contribution in [0.3, 0.4) is 0 Å². The zero-order chi connectivity index (χ0) is 16.7. The number of nitrogens with zero attached hydrogens (tertiary/aromatic N) is 1. The average molecular weight is 316 g/mol. The molecule has 1 atom stereocenters. The molecule has 1 aliphatic rings. The highest BCUT2D eigenvalue weighted by molar-refractivity contribution is 5.95. The van der Waals surface area contributed by atoms with Crippen molar-refractivity contribution in [3.8, 4) is 0 Å². The van der Waals surface area contributed by atoms with Crippen molar-refractivity contribution in [2.45, 2.75) is 58.9 Å². The molecule has 126 valence electrons. The zero-order valence-electron chi connectivity index (χ0n) is 14.3. The lowest BCUT2D eigenvalue weighted by Gasteiger charge is -2.17. The Morgan fingerprint density at radius 2 is 2.00 bits per heavy atom. The summed E-state index contributed by atoms with van der Waals surface area (Å²) in [7, 11) is 0. The van der Waals surface area contributed by atoms with Gasteiger partial charge in [-0.15, -0.1) is 0 Å². The van der Waals surface area contributed by atoms with E-state index in [2.05, 4.69) is 19.2 Å². The maximum atomic E-state index is 12.2. The van der Waals surface area contributed by atoms with Gasteiger partial charge in [0.2, 0.25) is 11.8 Å². The third-order valence-corrected chi connectivity index (χ3v) is 4.56. The summed E-state index contributed by atoms with van der Waals surface area (Å²) in [6.45, 7) is 5.58. The Labute approximate surface area is 139 Å². The van der Waals surface area contributed by atoms with Crippen LogP contribution in [0, 0.1) is 5.92 Å². The molecule has 2 rings (SSSR count). The fourth-order valence-electron chi connectivity index (χ4n) is 3.02. The van der Waals surface area contributed by atoms with E-state index >= 15 is 0 Å². The lowest BCUT2D eigenvalue weighted by Crippen LogP contribution is -2.30. The van der Waals surface area contributed by atoms with Gasteiger partial charge < -0.3 is 10.2 Å². The first-order valence-corrected chi connectivity index (χ1v) is 8.82.